The molecule has 0 aromatic carbocycles. The molecule has 122 valence electrons. The maximum Gasteiger partial charge on any atom is 0.254 e. The van der Waals surface area contributed by atoms with Gasteiger partial charge in [0, 0.05) is 11.3 Å². The normalized spacial score (nSPS) is 17.1. The van der Waals surface area contributed by atoms with Crippen molar-refractivity contribution in [3.05, 3.63) is 33.6 Å². The Balaban J connectivity index is 1.56. The van der Waals surface area contributed by atoms with E-state index >= 15 is 0 Å². The number of thioether (sulfide) groups is 1. The van der Waals surface area contributed by atoms with Crippen molar-refractivity contribution in [3.8, 4) is 5.88 Å². The fourth-order valence-electron chi connectivity index (χ4n) is 3.00. The molecular formula is C15H18N4O3S. The first-order valence-corrected chi connectivity index (χ1v) is 8.67. The summed E-state index contributed by atoms with van der Waals surface area (Å²) in [5.74, 6) is 1.26. The maximum absolute atomic E-state index is 12.1. The number of ether oxygens (including phenoxy) is 2. The van der Waals surface area contributed by atoms with Gasteiger partial charge >= 0.3 is 0 Å². The first kappa shape index (κ1) is 14.8. The third kappa shape index (κ3) is 2.66. The number of aromatic amines is 1. The van der Waals surface area contributed by atoms with Gasteiger partial charge in [-0.1, -0.05) is 11.8 Å². The van der Waals surface area contributed by atoms with E-state index in [-0.39, 0.29) is 5.56 Å². The molecule has 23 heavy (non-hydrogen) atoms. The van der Waals surface area contributed by atoms with Crippen molar-refractivity contribution in [2.45, 2.75) is 36.2 Å². The molecular weight excluding hydrogens is 316 g/mol. The van der Waals surface area contributed by atoms with E-state index in [0.717, 1.165) is 36.2 Å². The van der Waals surface area contributed by atoms with E-state index in [4.69, 9.17) is 9.47 Å². The van der Waals surface area contributed by atoms with E-state index in [1.54, 1.807) is 13.4 Å². The zero-order chi connectivity index (χ0) is 15.8. The number of nitrogens with zero attached hydrogens (tertiary/aromatic N) is 3. The SMILES string of the molecule is COc1ncn(C2COC2)c1CSc1nc2c(c(=O)[nH]1)CCC2. The Kier molecular flexibility index (Phi) is 3.86. The van der Waals surface area contributed by atoms with Crippen LogP contribution in [0.5, 0.6) is 5.88 Å². The number of imidazole rings is 1. The Labute approximate surface area is 137 Å². The molecule has 0 saturated carbocycles. The van der Waals surface area contributed by atoms with Gasteiger partial charge in [-0.05, 0) is 19.3 Å². The summed E-state index contributed by atoms with van der Waals surface area (Å²) in [6.45, 7) is 1.40. The number of hydrogen-bond donors (Lipinski definition) is 1. The van der Waals surface area contributed by atoms with E-state index in [2.05, 4.69) is 19.5 Å². The smallest absolute Gasteiger partial charge is 0.254 e. The molecule has 0 amide bonds. The van der Waals surface area contributed by atoms with E-state index in [1.165, 1.54) is 11.8 Å². The highest BCUT2D eigenvalue weighted by Gasteiger charge is 2.25. The number of aryl methyl sites for hydroxylation is 1. The number of fused-ring (bicyclic) bond motifs is 1. The van der Waals surface area contributed by atoms with Gasteiger partial charge in [0.15, 0.2) is 5.16 Å². The topological polar surface area (TPSA) is 82.0 Å². The first-order valence-electron chi connectivity index (χ1n) is 7.68. The Bertz CT molecular complexity index is 782. The van der Waals surface area contributed by atoms with E-state index in [1.807, 2.05) is 0 Å². The molecule has 1 saturated heterocycles. The second kappa shape index (κ2) is 6.01. The maximum atomic E-state index is 12.1. The molecule has 4 rings (SSSR count). The van der Waals surface area contributed by atoms with Gasteiger partial charge in [-0.2, -0.15) is 0 Å². The molecule has 1 aliphatic heterocycles. The minimum atomic E-state index is 0.00265. The van der Waals surface area contributed by atoms with Gasteiger partial charge in [0.2, 0.25) is 5.88 Å². The number of H-pyrrole nitrogens is 1. The van der Waals surface area contributed by atoms with Crippen LogP contribution < -0.4 is 10.3 Å². The molecule has 2 aromatic heterocycles. The van der Waals surface area contributed by atoms with E-state index in [0.29, 0.717) is 36.0 Å². The van der Waals surface area contributed by atoms with Gasteiger partial charge < -0.3 is 19.0 Å². The van der Waals surface area contributed by atoms with Crippen LogP contribution in [0, 0.1) is 0 Å². The molecule has 0 atom stereocenters. The molecule has 1 fully saturated rings. The Morgan fingerprint density at radius 1 is 1.48 bits per heavy atom. The number of aromatic nitrogens is 4. The van der Waals surface area contributed by atoms with Crippen LogP contribution in [0.15, 0.2) is 16.3 Å². The number of hydrogen-bond acceptors (Lipinski definition) is 6. The largest absolute Gasteiger partial charge is 0.480 e. The van der Waals surface area contributed by atoms with Gasteiger partial charge in [-0.3, -0.25) is 4.79 Å². The van der Waals surface area contributed by atoms with E-state index < -0.39 is 0 Å². The lowest BCUT2D eigenvalue weighted by atomic mass is 10.2. The summed E-state index contributed by atoms with van der Waals surface area (Å²) in [5.41, 5.74) is 2.80. The molecule has 0 radical (unpaired) electrons. The molecule has 1 N–H and O–H groups in total. The van der Waals surface area contributed by atoms with Crippen molar-refractivity contribution >= 4 is 11.8 Å². The lowest BCUT2D eigenvalue weighted by Crippen LogP contribution is -2.31. The van der Waals surface area contributed by atoms with Crippen molar-refractivity contribution in [1.29, 1.82) is 0 Å². The first-order chi connectivity index (χ1) is 11.3. The lowest BCUT2D eigenvalue weighted by molar-refractivity contribution is -0.0242. The van der Waals surface area contributed by atoms with Crippen molar-refractivity contribution in [2.75, 3.05) is 20.3 Å². The van der Waals surface area contributed by atoms with Gasteiger partial charge in [0.25, 0.3) is 5.56 Å². The number of nitrogens with one attached hydrogen (secondary N) is 1. The third-order valence-electron chi connectivity index (χ3n) is 4.33. The van der Waals surface area contributed by atoms with Crippen molar-refractivity contribution in [2.24, 2.45) is 0 Å². The number of rotatable bonds is 5. The Hall–Kier alpha value is -1.80. The summed E-state index contributed by atoms with van der Waals surface area (Å²) >= 11 is 1.51. The fraction of sp³-hybridized carbons (Fsp3) is 0.533. The summed E-state index contributed by atoms with van der Waals surface area (Å²) in [4.78, 5) is 23.9. The average molecular weight is 334 g/mol. The highest BCUT2D eigenvalue weighted by Crippen LogP contribution is 2.30. The molecule has 0 spiro atoms. The molecule has 8 heteroatoms. The van der Waals surface area contributed by atoms with Crippen LogP contribution in [0.1, 0.15) is 29.4 Å². The Morgan fingerprint density at radius 3 is 3.09 bits per heavy atom. The monoisotopic (exact) mass is 334 g/mol. The second-order valence-corrected chi connectivity index (χ2v) is 6.70. The molecule has 0 bridgehead atoms. The summed E-state index contributed by atoms with van der Waals surface area (Å²) in [6.07, 6.45) is 4.54. The number of methoxy groups -OCH3 is 1. The van der Waals surface area contributed by atoms with Crippen LogP contribution >= 0.6 is 11.8 Å². The van der Waals surface area contributed by atoms with Gasteiger partial charge in [-0.25, -0.2) is 9.97 Å². The summed E-state index contributed by atoms with van der Waals surface area (Å²) in [7, 11) is 1.62. The molecule has 1 aliphatic carbocycles. The van der Waals surface area contributed by atoms with Crippen molar-refractivity contribution in [3.63, 3.8) is 0 Å². The minimum Gasteiger partial charge on any atom is -0.480 e. The minimum absolute atomic E-state index is 0.00265. The zero-order valence-corrected chi connectivity index (χ0v) is 13.7. The predicted molar refractivity (Wildman–Crippen MR) is 85.1 cm³/mol. The zero-order valence-electron chi connectivity index (χ0n) is 12.9. The molecule has 2 aliphatic rings. The highest BCUT2D eigenvalue weighted by molar-refractivity contribution is 7.98. The Morgan fingerprint density at radius 2 is 2.35 bits per heavy atom. The average Bonchev–Trinajstić information content (AvgIpc) is 3.10. The molecule has 3 heterocycles. The summed E-state index contributed by atoms with van der Waals surface area (Å²) in [5, 5.41) is 0.662. The third-order valence-corrected chi connectivity index (χ3v) is 5.22. The van der Waals surface area contributed by atoms with Crippen LogP contribution in [0.2, 0.25) is 0 Å². The molecule has 2 aromatic rings. The summed E-state index contributed by atoms with van der Waals surface area (Å²) < 4.78 is 12.7. The quantitative estimate of drug-likeness (QED) is 0.656. The van der Waals surface area contributed by atoms with Crippen LogP contribution in [-0.2, 0) is 23.3 Å². The second-order valence-electron chi connectivity index (χ2n) is 5.74. The van der Waals surface area contributed by atoms with Gasteiger partial charge in [0.1, 0.15) is 0 Å². The van der Waals surface area contributed by atoms with Crippen molar-refractivity contribution in [1.82, 2.24) is 19.5 Å². The fourth-order valence-corrected chi connectivity index (χ4v) is 3.88. The van der Waals surface area contributed by atoms with E-state index in [9.17, 15) is 4.79 Å². The van der Waals surface area contributed by atoms with Crippen LogP contribution in [-0.4, -0.2) is 39.8 Å². The summed E-state index contributed by atoms with van der Waals surface area (Å²) in [6, 6.07) is 0.314. The predicted octanol–water partition coefficient (Wildman–Crippen LogP) is 1.33. The molecule has 0 unspecified atom stereocenters. The van der Waals surface area contributed by atoms with Crippen molar-refractivity contribution < 1.29 is 9.47 Å². The lowest BCUT2D eigenvalue weighted by Gasteiger charge is -2.28. The van der Waals surface area contributed by atoms with Gasteiger partial charge in [0.05, 0.1) is 44.1 Å². The van der Waals surface area contributed by atoms with Gasteiger partial charge in [-0.15, -0.1) is 0 Å². The van der Waals surface area contributed by atoms with Crippen LogP contribution in [0.25, 0.3) is 0 Å². The van der Waals surface area contributed by atoms with Crippen LogP contribution in [0.3, 0.4) is 0 Å². The highest BCUT2D eigenvalue weighted by atomic mass is 32.2. The van der Waals surface area contributed by atoms with Crippen LogP contribution in [0.4, 0.5) is 0 Å². The molecule has 7 nitrogen and oxygen atoms in total. The standard InChI is InChI=1S/C15H18N4O3S/c1-21-14-12(19(8-16-14)9-5-22-6-9)7-23-15-17-11-4-2-3-10(11)13(20)18-15/h8-9H,2-7H2,1H3,(H,17,18,20).